The Morgan fingerprint density at radius 3 is 2.80 bits per heavy atom. The number of hydrogen-bond donors (Lipinski definition) is 0. The van der Waals surface area contributed by atoms with E-state index in [1.165, 1.54) is 11.1 Å². The van der Waals surface area contributed by atoms with Crippen molar-refractivity contribution in [3.8, 4) is 5.75 Å². The lowest BCUT2D eigenvalue weighted by Crippen LogP contribution is -2.28. The average molecular weight is 344 g/mol. The van der Waals surface area contributed by atoms with E-state index in [1.807, 2.05) is 6.92 Å². The Balaban J connectivity index is 2.15. The summed E-state index contributed by atoms with van der Waals surface area (Å²) < 4.78 is 11.2. The number of aryl methyl sites for hydroxylation is 1. The van der Waals surface area contributed by atoms with Gasteiger partial charge in [-0.1, -0.05) is 37.6 Å². The van der Waals surface area contributed by atoms with Crippen LogP contribution in [0.1, 0.15) is 63.5 Å². The summed E-state index contributed by atoms with van der Waals surface area (Å²) >= 11 is 0. The molecular weight excluding hydrogens is 312 g/mol. The molecule has 0 fully saturated rings. The Morgan fingerprint density at radius 1 is 1.28 bits per heavy atom. The van der Waals surface area contributed by atoms with Crippen molar-refractivity contribution in [2.24, 2.45) is 5.41 Å². The zero-order valence-corrected chi connectivity index (χ0v) is 16.0. The summed E-state index contributed by atoms with van der Waals surface area (Å²) in [6.07, 6.45) is 11.2. The molecule has 1 aromatic rings. The summed E-state index contributed by atoms with van der Waals surface area (Å²) in [5, 5.41) is 0. The van der Waals surface area contributed by atoms with Crippen molar-refractivity contribution < 1.29 is 14.3 Å². The fourth-order valence-corrected chi connectivity index (χ4v) is 3.49. The molecular formula is C22H32O3. The Morgan fingerprint density at radius 2 is 2.12 bits per heavy atom. The van der Waals surface area contributed by atoms with Gasteiger partial charge in [0.2, 0.25) is 0 Å². The molecule has 0 aromatic heterocycles. The molecule has 0 amide bonds. The molecule has 0 radical (unpaired) electrons. The van der Waals surface area contributed by atoms with Gasteiger partial charge >= 0.3 is 5.97 Å². The maximum Gasteiger partial charge on any atom is 0.306 e. The van der Waals surface area contributed by atoms with Crippen molar-refractivity contribution in [2.75, 3.05) is 13.2 Å². The van der Waals surface area contributed by atoms with Gasteiger partial charge in [-0.3, -0.25) is 4.79 Å². The predicted molar refractivity (Wildman–Crippen MR) is 102 cm³/mol. The molecule has 0 spiro atoms. The summed E-state index contributed by atoms with van der Waals surface area (Å²) in [5.41, 5.74) is 2.27. The van der Waals surface area contributed by atoms with Gasteiger partial charge < -0.3 is 9.47 Å². The second kappa shape index (κ2) is 9.65. The fraction of sp³-hybridized carbons (Fsp3) is 0.591. The van der Waals surface area contributed by atoms with Crippen molar-refractivity contribution >= 4 is 5.97 Å². The molecule has 0 saturated carbocycles. The molecule has 0 aliphatic heterocycles. The molecule has 1 atom stereocenters. The van der Waals surface area contributed by atoms with Crippen molar-refractivity contribution in [3.05, 3.63) is 41.5 Å². The third-order valence-corrected chi connectivity index (χ3v) is 4.88. The summed E-state index contributed by atoms with van der Waals surface area (Å²) in [4.78, 5) is 12.1. The van der Waals surface area contributed by atoms with Crippen LogP contribution < -0.4 is 4.74 Å². The highest BCUT2D eigenvalue weighted by Gasteiger charge is 2.32. The van der Waals surface area contributed by atoms with Gasteiger partial charge in [-0.15, -0.1) is 0 Å². The maximum absolute atomic E-state index is 12.1. The largest absolute Gasteiger partial charge is 0.493 e. The number of carbonyl (C=O) groups excluding carboxylic acids is 1. The van der Waals surface area contributed by atoms with Crippen LogP contribution in [-0.2, 0) is 16.0 Å². The van der Waals surface area contributed by atoms with Crippen LogP contribution in [0.15, 0.2) is 30.4 Å². The van der Waals surface area contributed by atoms with Gasteiger partial charge in [-0.25, -0.2) is 0 Å². The minimum absolute atomic E-state index is 0.0967. The molecule has 2 rings (SSSR count). The van der Waals surface area contributed by atoms with Crippen molar-refractivity contribution in [1.29, 1.82) is 0 Å². The topological polar surface area (TPSA) is 35.5 Å². The first-order chi connectivity index (χ1) is 12.1. The van der Waals surface area contributed by atoms with E-state index < -0.39 is 0 Å². The fourth-order valence-electron chi connectivity index (χ4n) is 3.49. The highest BCUT2D eigenvalue weighted by Crippen LogP contribution is 2.39. The first kappa shape index (κ1) is 19.6. The molecule has 3 heteroatoms. The second-order valence-electron chi connectivity index (χ2n) is 7.12. The molecule has 1 aliphatic carbocycles. The Hall–Kier alpha value is -1.77. The summed E-state index contributed by atoms with van der Waals surface area (Å²) in [6.45, 7) is 7.32. The molecule has 0 heterocycles. The van der Waals surface area contributed by atoms with Crippen LogP contribution in [0, 0.1) is 12.3 Å². The van der Waals surface area contributed by atoms with Crippen molar-refractivity contribution in [3.63, 3.8) is 0 Å². The monoisotopic (exact) mass is 344 g/mol. The van der Waals surface area contributed by atoms with E-state index in [2.05, 4.69) is 44.2 Å². The van der Waals surface area contributed by atoms with Crippen molar-refractivity contribution in [2.45, 2.75) is 65.7 Å². The van der Waals surface area contributed by atoms with E-state index in [-0.39, 0.29) is 11.4 Å². The normalized spacial score (nSPS) is 19.6. The minimum Gasteiger partial charge on any atom is -0.493 e. The first-order valence-corrected chi connectivity index (χ1v) is 9.64. The quantitative estimate of drug-likeness (QED) is 0.342. The van der Waals surface area contributed by atoms with Gasteiger partial charge in [0, 0.05) is 5.41 Å². The molecule has 0 saturated heterocycles. The lowest BCUT2D eigenvalue weighted by atomic mass is 9.72. The SMILES string of the molecule is CCCCOc1cc(CC2(CC(=O)OCC)C=CCCC2)ccc1C. The van der Waals surface area contributed by atoms with E-state index in [0.717, 1.165) is 50.9 Å². The van der Waals surface area contributed by atoms with Gasteiger partial charge in [-0.05, 0) is 63.1 Å². The molecule has 138 valence electrons. The van der Waals surface area contributed by atoms with Crippen LogP contribution in [0.3, 0.4) is 0 Å². The van der Waals surface area contributed by atoms with Crippen LogP contribution in [-0.4, -0.2) is 19.2 Å². The molecule has 3 nitrogen and oxygen atoms in total. The summed E-state index contributed by atoms with van der Waals surface area (Å²) in [7, 11) is 0. The average Bonchev–Trinajstić information content (AvgIpc) is 2.59. The summed E-state index contributed by atoms with van der Waals surface area (Å²) in [6, 6.07) is 6.44. The first-order valence-electron chi connectivity index (χ1n) is 9.64. The molecule has 0 N–H and O–H groups in total. The van der Waals surface area contributed by atoms with Crippen LogP contribution in [0.25, 0.3) is 0 Å². The highest BCUT2D eigenvalue weighted by molar-refractivity contribution is 5.70. The van der Waals surface area contributed by atoms with E-state index in [9.17, 15) is 4.79 Å². The third kappa shape index (κ3) is 5.91. The van der Waals surface area contributed by atoms with E-state index in [4.69, 9.17) is 9.47 Å². The zero-order valence-electron chi connectivity index (χ0n) is 16.0. The molecule has 25 heavy (non-hydrogen) atoms. The van der Waals surface area contributed by atoms with Crippen molar-refractivity contribution in [1.82, 2.24) is 0 Å². The molecule has 1 aromatic carbocycles. The van der Waals surface area contributed by atoms with Crippen LogP contribution in [0.4, 0.5) is 0 Å². The Labute approximate surface area is 152 Å². The molecule has 0 bridgehead atoms. The minimum atomic E-state index is -0.125. The van der Waals surface area contributed by atoms with Gasteiger partial charge in [0.1, 0.15) is 5.75 Å². The number of allylic oxidation sites excluding steroid dienone is 2. The molecule has 1 unspecified atom stereocenters. The zero-order chi connectivity index (χ0) is 18.1. The van der Waals surface area contributed by atoms with Gasteiger partial charge in [-0.2, -0.15) is 0 Å². The number of unbranched alkanes of at least 4 members (excludes halogenated alkanes) is 1. The summed E-state index contributed by atoms with van der Waals surface area (Å²) in [5.74, 6) is 0.873. The number of esters is 1. The number of benzene rings is 1. The standard InChI is InChI=1S/C22H32O3/c1-4-6-14-25-20-15-19(11-10-18(20)3)16-22(12-8-7-9-13-22)17-21(23)24-5-2/h8,10-12,15H,4-7,9,13-14,16-17H2,1-3H3. The number of hydrogen-bond acceptors (Lipinski definition) is 3. The Kier molecular flexibility index (Phi) is 7.54. The van der Waals surface area contributed by atoms with Gasteiger partial charge in [0.25, 0.3) is 0 Å². The lowest BCUT2D eigenvalue weighted by molar-refractivity contribution is -0.145. The van der Waals surface area contributed by atoms with Gasteiger partial charge in [0.05, 0.1) is 19.6 Å². The van der Waals surface area contributed by atoms with Crippen LogP contribution in [0.2, 0.25) is 0 Å². The van der Waals surface area contributed by atoms with Crippen LogP contribution in [0.5, 0.6) is 5.75 Å². The molecule has 1 aliphatic rings. The predicted octanol–water partition coefficient (Wildman–Crippen LogP) is 5.40. The van der Waals surface area contributed by atoms with Crippen LogP contribution >= 0.6 is 0 Å². The lowest BCUT2D eigenvalue weighted by Gasteiger charge is -2.33. The van der Waals surface area contributed by atoms with Gasteiger partial charge in [0.15, 0.2) is 0 Å². The smallest absolute Gasteiger partial charge is 0.306 e. The number of rotatable bonds is 9. The maximum atomic E-state index is 12.1. The van der Waals surface area contributed by atoms with E-state index >= 15 is 0 Å². The number of ether oxygens (including phenoxy) is 2. The van der Waals surface area contributed by atoms with E-state index in [1.54, 1.807) is 0 Å². The van der Waals surface area contributed by atoms with E-state index in [0.29, 0.717) is 13.0 Å². The Bertz CT molecular complexity index is 591. The third-order valence-electron chi connectivity index (χ3n) is 4.88. The highest BCUT2D eigenvalue weighted by atomic mass is 16.5. The number of carbonyl (C=O) groups is 1. The second-order valence-corrected chi connectivity index (χ2v) is 7.12.